The highest BCUT2D eigenvalue weighted by atomic mass is 16.5. The molecular weight excluding hydrogens is 256 g/mol. The molecule has 1 unspecified atom stereocenters. The van der Waals surface area contributed by atoms with Gasteiger partial charge in [-0.3, -0.25) is 14.8 Å². The Kier molecular flexibility index (Phi) is 5.27. The molecule has 20 heavy (non-hydrogen) atoms. The van der Waals surface area contributed by atoms with E-state index in [9.17, 15) is 9.59 Å². The standard InChI is InChI=1S/C15H22N2O3/c1-5-12(16-14(19)15(2,3)4)10-6-8-11(9-7-10)13(18)17-20/h6-9,12,20H,5H2,1-4H3,(H,16,19)(H,17,18). The zero-order valence-electron chi connectivity index (χ0n) is 12.4. The van der Waals surface area contributed by atoms with Crippen molar-refractivity contribution in [2.45, 2.75) is 40.2 Å². The van der Waals surface area contributed by atoms with Crippen LogP contribution in [0.1, 0.15) is 56.1 Å². The van der Waals surface area contributed by atoms with Gasteiger partial charge in [0, 0.05) is 11.0 Å². The molecule has 2 amide bonds. The number of benzene rings is 1. The number of carbonyl (C=O) groups excluding carboxylic acids is 2. The zero-order valence-corrected chi connectivity index (χ0v) is 12.4. The number of rotatable bonds is 4. The van der Waals surface area contributed by atoms with E-state index in [0.29, 0.717) is 5.56 Å². The van der Waals surface area contributed by atoms with Crippen LogP contribution < -0.4 is 10.8 Å². The van der Waals surface area contributed by atoms with Gasteiger partial charge in [-0.15, -0.1) is 0 Å². The third-order valence-electron chi connectivity index (χ3n) is 3.07. The van der Waals surface area contributed by atoms with Gasteiger partial charge in [0.05, 0.1) is 6.04 Å². The summed E-state index contributed by atoms with van der Waals surface area (Å²) in [4.78, 5) is 23.3. The highest BCUT2D eigenvalue weighted by Crippen LogP contribution is 2.21. The van der Waals surface area contributed by atoms with E-state index in [2.05, 4.69) is 5.32 Å². The molecule has 1 aromatic rings. The second-order valence-corrected chi connectivity index (χ2v) is 5.75. The Morgan fingerprint density at radius 3 is 2.15 bits per heavy atom. The third-order valence-corrected chi connectivity index (χ3v) is 3.07. The average Bonchev–Trinajstić information content (AvgIpc) is 2.42. The molecule has 1 rings (SSSR count). The molecule has 0 saturated carbocycles. The fourth-order valence-electron chi connectivity index (χ4n) is 1.73. The van der Waals surface area contributed by atoms with E-state index < -0.39 is 11.3 Å². The third kappa shape index (κ3) is 4.06. The fourth-order valence-corrected chi connectivity index (χ4v) is 1.73. The van der Waals surface area contributed by atoms with E-state index in [1.807, 2.05) is 27.7 Å². The van der Waals surface area contributed by atoms with Gasteiger partial charge in [0.15, 0.2) is 0 Å². The van der Waals surface area contributed by atoms with Crippen LogP contribution in [-0.2, 0) is 4.79 Å². The van der Waals surface area contributed by atoms with Crippen molar-refractivity contribution in [3.63, 3.8) is 0 Å². The van der Waals surface area contributed by atoms with Crippen LogP contribution in [0, 0.1) is 5.41 Å². The molecule has 0 aromatic heterocycles. The number of carbonyl (C=O) groups is 2. The molecule has 3 N–H and O–H groups in total. The SMILES string of the molecule is CCC(NC(=O)C(C)(C)C)c1ccc(C(=O)NO)cc1. The predicted molar refractivity (Wildman–Crippen MR) is 76.3 cm³/mol. The summed E-state index contributed by atoms with van der Waals surface area (Å²) in [5.41, 5.74) is 2.45. The molecule has 5 heteroatoms. The topological polar surface area (TPSA) is 78.4 Å². The minimum absolute atomic E-state index is 0.0125. The molecule has 5 nitrogen and oxygen atoms in total. The molecule has 0 aliphatic rings. The molecule has 0 aliphatic heterocycles. The van der Waals surface area contributed by atoms with Crippen LogP contribution in [0.2, 0.25) is 0 Å². The molecule has 0 saturated heterocycles. The van der Waals surface area contributed by atoms with Crippen molar-refractivity contribution in [3.05, 3.63) is 35.4 Å². The van der Waals surface area contributed by atoms with E-state index in [1.165, 1.54) is 0 Å². The summed E-state index contributed by atoms with van der Waals surface area (Å²) in [6.45, 7) is 7.58. The van der Waals surface area contributed by atoms with Gasteiger partial charge in [0.25, 0.3) is 5.91 Å². The van der Waals surface area contributed by atoms with E-state index in [-0.39, 0.29) is 11.9 Å². The van der Waals surface area contributed by atoms with Gasteiger partial charge in [-0.1, -0.05) is 39.8 Å². The van der Waals surface area contributed by atoms with Gasteiger partial charge >= 0.3 is 0 Å². The predicted octanol–water partition coefficient (Wildman–Crippen LogP) is 2.42. The van der Waals surface area contributed by atoms with Crippen LogP contribution in [-0.4, -0.2) is 17.0 Å². The normalized spacial score (nSPS) is 12.7. The lowest BCUT2D eigenvalue weighted by Crippen LogP contribution is -2.37. The van der Waals surface area contributed by atoms with Crippen molar-refractivity contribution in [1.29, 1.82) is 0 Å². The highest BCUT2D eigenvalue weighted by Gasteiger charge is 2.24. The fraction of sp³-hybridized carbons (Fsp3) is 0.467. The number of nitrogens with one attached hydrogen (secondary N) is 2. The van der Waals surface area contributed by atoms with Crippen molar-refractivity contribution in [2.75, 3.05) is 0 Å². The average molecular weight is 278 g/mol. The summed E-state index contributed by atoms with van der Waals surface area (Å²) in [5, 5.41) is 11.6. The maximum atomic E-state index is 12.0. The van der Waals surface area contributed by atoms with Crippen LogP contribution in [0.25, 0.3) is 0 Å². The molecule has 0 fully saturated rings. The lowest BCUT2D eigenvalue weighted by atomic mass is 9.94. The van der Waals surface area contributed by atoms with E-state index in [4.69, 9.17) is 5.21 Å². The van der Waals surface area contributed by atoms with Gasteiger partial charge in [0.1, 0.15) is 0 Å². The summed E-state index contributed by atoms with van der Waals surface area (Å²) in [7, 11) is 0. The van der Waals surface area contributed by atoms with Gasteiger partial charge in [-0.2, -0.15) is 0 Å². The summed E-state index contributed by atoms with van der Waals surface area (Å²) < 4.78 is 0. The summed E-state index contributed by atoms with van der Waals surface area (Å²) in [6.07, 6.45) is 0.757. The molecule has 110 valence electrons. The van der Waals surface area contributed by atoms with E-state index >= 15 is 0 Å². The van der Waals surface area contributed by atoms with E-state index in [0.717, 1.165) is 12.0 Å². The lowest BCUT2D eigenvalue weighted by molar-refractivity contribution is -0.129. The molecule has 0 heterocycles. The Balaban J connectivity index is 2.86. The van der Waals surface area contributed by atoms with Crippen LogP contribution in [0.3, 0.4) is 0 Å². The number of hydrogen-bond donors (Lipinski definition) is 3. The Morgan fingerprint density at radius 2 is 1.75 bits per heavy atom. The molecule has 0 spiro atoms. The molecule has 0 aliphatic carbocycles. The summed E-state index contributed by atoms with van der Waals surface area (Å²) in [6, 6.07) is 6.70. The van der Waals surface area contributed by atoms with Crippen LogP contribution in [0.5, 0.6) is 0 Å². The second kappa shape index (κ2) is 6.52. The van der Waals surface area contributed by atoms with Crippen molar-refractivity contribution < 1.29 is 14.8 Å². The van der Waals surface area contributed by atoms with Crippen molar-refractivity contribution in [1.82, 2.24) is 10.8 Å². The van der Waals surface area contributed by atoms with Gasteiger partial charge in [0.2, 0.25) is 5.91 Å². The first kappa shape index (κ1) is 16.2. The zero-order chi connectivity index (χ0) is 15.3. The maximum absolute atomic E-state index is 12.0. The number of amides is 2. The summed E-state index contributed by atoms with van der Waals surface area (Å²) in [5.74, 6) is -0.565. The van der Waals surface area contributed by atoms with E-state index in [1.54, 1.807) is 29.7 Å². The molecular formula is C15H22N2O3. The lowest BCUT2D eigenvalue weighted by Gasteiger charge is -2.24. The van der Waals surface area contributed by atoms with Crippen molar-refractivity contribution in [2.24, 2.45) is 5.41 Å². The molecule has 1 aromatic carbocycles. The van der Waals surface area contributed by atoms with Gasteiger partial charge in [-0.05, 0) is 24.1 Å². The largest absolute Gasteiger partial charge is 0.349 e. The van der Waals surface area contributed by atoms with Crippen molar-refractivity contribution in [3.8, 4) is 0 Å². The Morgan fingerprint density at radius 1 is 1.20 bits per heavy atom. The summed E-state index contributed by atoms with van der Waals surface area (Å²) >= 11 is 0. The smallest absolute Gasteiger partial charge is 0.274 e. The minimum Gasteiger partial charge on any atom is -0.349 e. The highest BCUT2D eigenvalue weighted by molar-refractivity contribution is 5.93. The monoisotopic (exact) mass is 278 g/mol. The minimum atomic E-state index is -0.552. The second-order valence-electron chi connectivity index (χ2n) is 5.75. The van der Waals surface area contributed by atoms with Crippen LogP contribution >= 0.6 is 0 Å². The first-order valence-electron chi connectivity index (χ1n) is 6.65. The van der Waals surface area contributed by atoms with Crippen molar-refractivity contribution >= 4 is 11.8 Å². The van der Waals surface area contributed by atoms with Crippen LogP contribution in [0.4, 0.5) is 0 Å². The number of hydroxylamine groups is 1. The first-order valence-corrected chi connectivity index (χ1v) is 6.65. The van der Waals surface area contributed by atoms with Gasteiger partial charge < -0.3 is 5.32 Å². The number of hydrogen-bond acceptors (Lipinski definition) is 3. The Hall–Kier alpha value is -1.88. The molecule has 0 radical (unpaired) electrons. The maximum Gasteiger partial charge on any atom is 0.274 e. The molecule has 0 bridgehead atoms. The molecule has 1 atom stereocenters. The van der Waals surface area contributed by atoms with Crippen LogP contribution in [0.15, 0.2) is 24.3 Å². The van der Waals surface area contributed by atoms with Gasteiger partial charge in [-0.25, -0.2) is 5.48 Å². The Labute approximate surface area is 119 Å². The Bertz CT molecular complexity index is 475. The first-order chi connectivity index (χ1) is 9.29. The quantitative estimate of drug-likeness (QED) is 0.584.